The van der Waals surface area contributed by atoms with Gasteiger partial charge in [-0.3, -0.25) is 28.8 Å². The van der Waals surface area contributed by atoms with Gasteiger partial charge in [0.2, 0.25) is 11.8 Å². The zero-order valence-electron chi connectivity index (χ0n) is 66.5. The van der Waals surface area contributed by atoms with Crippen LogP contribution in [-0.2, 0) is 56.7 Å². The van der Waals surface area contributed by atoms with E-state index in [2.05, 4.69) is 82.8 Å². The Balaban J connectivity index is 0.000000189. The Kier molecular flexibility index (Phi) is 30.7. The minimum atomic E-state index is -4.25. The number of nitrogens with one attached hydrogen (secondary N) is 3. The van der Waals surface area contributed by atoms with Crippen LogP contribution in [0, 0.1) is 75.4 Å². The maximum Gasteiger partial charge on any atom is 0.470 e. The van der Waals surface area contributed by atoms with Gasteiger partial charge in [-0.25, -0.2) is 4.79 Å². The van der Waals surface area contributed by atoms with Crippen LogP contribution >= 0.6 is 0 Å². The van der Waals surface area contributed by atoms with E-state index in [9.17, 15) is 52.0 Å². The van der Waals surface area contributed by atoms with Gasteiger partial charge < -0.3 is 88.0 Å². The molecule has 30 heteroatoms. The van der Waals surface area contributed by atoms with Crippen molar-refractivity contribution in [2.45, 2.75) is 353 Å². The van der Waals surface area contributed by atoms with Crippen LogP contribution in [0.15, 0.2) is 0 Å². The number of carboxylic acid groups (broad SMARTS) is 2. The van der Waals surface area contributed by atoms with Crippen molar-refractivity contribution in [1.29, 1.82) is 0 Å². The van der Waals surface area contributed by atoms with Gasteiger partial charge in [-0.1, -0.05) is 119 Å². The van der Waals surface area contributed by atoms with Gasteiger partial charge in [-0.2, -0.15) is 13.2 Å². The van der Waals surface area contributed by atoms with Crippen molar-refractivity contribution in [2.24, 2.45) is 81.2 Å². The molecule has 22 nitrogen and oxygen atoms in total. The van der Waals surface area contributed by atoms with Crippen LogP contribution in [0.4, 0.5) is 18.0 Å². The molecule has 106 heavy (non-hydrogen) atoms. The van der Waals surface area contributed by atoms with Crippen LogP contribution in [0.3, 0.4) is 0 Å². The smallest absolute Gasteiger partial charge is 0.470 e. The highest BCUT2D eigenvalue weighted by Gasteiger charge is 2.72. The molecule has 3 heterocycles. The lowest BCUT2D eigenvalue weighted by atomic mass is 9.43. The molecule has 0 aromatic rings. The number of ketones is 3. The molecule has 0 radical (unpaired) electrons. The minimum Gasteiger partial charge on any atom is -1.00 e. The molecule has 602 valence electrons. The number of nitrogens with two attached hydrogens (primary N) is 1. The van der Waals surface area contributed by atoms with Crippen molar-refractivity contribution in [1.82, 2.24) is 16.0 Å². The van der Waals surface area contributed by atoms with Gasteiger partial charge in [0.15, 0.2) is 17.3 Å². The SMILES string of the molecule is CC(=O)NC(C)C(=O)C[C@@H](CC1CCC1)B(O)O.CC(=O)NC(C)C(=O)C[C@@H](CC1CCC1)B1O[C@@H]2C[C@@H]3C[C@@H](C3(C)C)[C@]2(C)O1.CC([NH3+])C(=O)C[C@@H](CC1CCC1)B1O[C@@H]2C[C@@H]3C[C@@H](C3(C)C)[C@]2(C)O1.CC1(C)[C@@H]2C[C@H]3OB([C@H](CC4CCC4)C(F)(F)F)O[C@@]3(C)[C@H]1C2.CNC(C)C(=O)O.NC(=O)O.[Cl-]. The minimum absolute atomic E-state index is 0. The lowest BCUT2D eigenvalue weighted by Crippen LogP contribution is -3.00. The molecule has 12 N–H and O–H groups in total. The topological polar surface area (TPSA) is 346 Å². The van der Waals surface area contributed by atoms with Crippen molar-refractivity contribution in [3.63, 3.8) is 0 Å². The zero-order chi connectivity index (χ0) is 78.0. The fourth-order valence-corrected chi connectivity index (χ4v) is 20.3. The summed E-state index contributed by atoms with van der Waals surface area (Å²) >= 11 is 0. The largest absolute Gasteiger partial charge is 1.00 e. The van der Waals surface area contributed by atoms with Crippen molar-refractivity contribution in [2.75, 3.05) is 7.05 Å². The Bertz CT molecular complexity index is 3000. The summed E-state index contributed by atoms with van der Waals surface area (Å²) in [7, 11) is -1.45. The highest BCUT2D eigenvalue weighted by molar-refractivity contribution is 6.48. The fourth-order valence-electron chi connectivity index (χ4n) is 20.3. The molecule has 0 aromatic heterocycles. The van der Waals surface area contributed by atoms with E-state index in [1.807, 2.05) is 13.8 Å². The molecular formula is C76H131B4ClF3N5O17. The first-order valence-corrected chi connectivity index (χ1v) is 40.0. The van der Waals surface area contributed by atoms with Gasteiger partial charge in [0, 0.05) is 50.6 Å². The molecule has 4 unspecified atom stereocenters. The van der Waals surface area contributed by atoms with Crippen LogP contribution in [-0.4, -0.2) is 162 Å². The molecule has 0 aromatic carbocycles. The maximum atomic E-state index is 13.6. The van der Waals surface area contributed by atoms with E-state index in [4.69, 9.17) is 42.9 Å². The van der Waals surface area contributed by atoms with E-state index < -0.39 is 67.8 Å². The standard InChI is InChI=1S/C22H36BNO4.C20H34BNO3.C17H26BF3O2.C12H22BNO4.C4H9NO2.CH3NO2.ClH/c1-13(24-14(2)25)18(26)12-17(9-15-7-6-8-15)23-27-20-11-16-10-19(21(16,3)4)22(20,5)28-23;1-12(22)16(23)11-15(8-13-6-5-7-13)21-24-18-10-14-9-17(19(14,2)3)20(18,4)25-21;1-15(2)11-8-12(15)16(3)14(9-11)22-18(23-16)13(17(19,20)21)7-10-5-4-6-10;1-8(14-9(2)15)12(16)7-11(13(17)18)6-10-4-3-5-10;1-3(5-2)4(6)7;2-1(3)4;/h13,15-17,19-20H,6-12H2,1-5H3,(H,24,25);12-15,17-18H,5-11,22H2,1-4H3;10-14H,4-9H2,1-3H3;8,10-11,17-18H,3-7H2,1-2H3,(H,14,15);3,5H,1-2H3,(H,6,7);2H2,(H,3,4);1H/t13?,16-,17+,19-,20+,22-;12?,14-,15+,17-,18+,20-;11-,12-,13+,14+,16-;8?,11-;;;/m0001.../s1. The lowest BCUT2D eigenvalue weighted by Gasteiger charge is -2.64. The molecule has 0 spiro atoms. The van der Waals surface area contributed by atoms with E-state index in [0.717, 1.165) is 88.4 Å². The van der Waals surface area contributed by atoms with Gasteiger partial charge in [0.1, 0.15) is 12.1 Å². The van der Waals surface area contributed by atoms with Gasteiger partial charge in [-0.05, 0) is 195 Å². The molecule has 3 aliphatic heterocycles. The summed E-state index contributed by atoms with van der Waals surface area (Å²) < 4.78 is 79.0. The van der Waals surface area contributed by atoms with Crippen LogP contribution < -0.4 is 39.8 Å². The number of carbonyl (C=O) groups is 7. The Morgan fingerprint density at radius 3 is 1.10 bits per heavy atom. The summed E-state index contributed by atoms with van der Waals surface area (Å²) in [6, 6.07) is -1.59. The number of Topliss-reactive ketones (excluding diaryl/α,β-unsaturated/α-hetero) is 3. The van der Waals surface area contributed by atoms with E-state index in [-0.39, 0.29) is 127 Å². The van der Waals surface area contributed by atoms with Crippen LogP contribution in [0.25, 0.3) is 0 Å². The van der Waals surface area contributed by atoms with Crippen molar-refractivity contribution in [3.05, 3.63) is 0 Å². The third-order valence-electron chi connectivity index (χ3n) is 28.8. The summed E-state index contributed by atoms with van der Waals surface area (Å²) in [5, 5.41) is 41.7. The molecule has 3 amide bonds. The second-order valence-corrected chi connectivity index (χ2v) is 36.9. The number of quaternary nitrogens is 1. The molecule has 16 rings (SSSR count). The van der Waals surface area contributed by atoms with Crippen LogP contribution in [0.5, 0.6) is 0 Å². The Morgan fingerprint density at radius 1 is 0.519 bits per heavy atom. The number of alkyl halides is 3. The predicted molar refractivity (Wildman–Crippen MR) is 396 cm³/mol. The number of carboxylic acids is 1. The fraction of sp³-hybridized carbons (Fsp3) is 0.908. The van der Waals surface area contributed by atoms with Crippen LogP contribution in [0.2, 0.25) is 23.3 Å². The Morgan fingerprint density at radius 2 is 0.830 bits per heavy atom. The quantitative estimate of drug-likeness (QED) is 0.0388. The predicted octanol–water partition coefficient (Wildman–Crippen LogP) is 8.27. The summed E-state index contributed by atoms with van der Waals surface area (Å²) in [6.07, 6.45) is 19.2. The molecule has 20 atom stereocenters. The van der Waals surface area contributed by atoms with Gasteiger partial charge >= 0.3 is 46.7 Å². The summed E-state index contributed by atoms with van der Waals surface area (Å²) in [5.74, 6) is 2.95. The number of carbonyl (C=O) groups excluding carboxylic acids is 5. The number of hydrogen-bond donors (Lipinski definition) is 9. The highest BCUT2D eigenvalue weighted by atomic mass is 35.5. The number of hydrogen-bond acceptors (Lipinski definition) is 16. The van der Waals surface area contributed by atoms with Gasteiger partial charge in [0.25, 0.3) is 0 Å². The maximum absolute atomic E-state index is 13.6. The third kappa shape index (κ3) is 20.7. The van der Waals surface area contributed by atoms with Gasteiger partial charge in [-0.15, -0.1) is 0 Å². The van der Waals surface area contributed by atoms with E-state index >= 15 is 0 Å². The number of primary amides is 1. The first-order valence-electron chi connectivity index (χ1n) is 40.0. The van der Waals surface area contributed by atoms with Crippen molar-refractivity contribution in [3.8, 4) is 0 Å². The second-order valence-electron chi connectivity index (χ2n) is 36.9. The van der Waals surface area contributed by atoms with E-state index in [1.165, 1.54) is 71.6 Å². The summed E-state index contributed by atoms with van der Waals surface area (Å²) in [6.45, 7) is 30.2. The van der Waals surface area contributed by atoms with Crippen molar-refractivity contribution < 1.29 is 113 Å². The summed E-state index contributed by atoms with van der Waals surface area (Å²) in [4.78, 5) is 77.8. The molecule has 13 saturated carbocycles. The molecule has 16 aliphatic rings. The van der Waals surface area contributed by atoms with Crippen molar-refractivity contribution >= 4 is 69.7 Å². The van der Waals surface area contributed by atoms with Crippen LogP contribution in [0.1, 0.15) is 264 Å². The Hall–Kier alpha value is -3.37. The first kappa shape index (κ1) is 89.8. The number of amides is 3. The van der Waals surface area contributed by atoms with Gasteiger partial charge in [0.05, 0.1) is 53.0 Å². The number of likely N-dealkylation sites (N-methyl/N-ethyl adjacent to an activating group) is 1. The average Bonchev–Trinajstić information content (AvgIpc) is 1.43. The first-order chi connectivity index (χ1) is 48.8. The molecule has 16 fully saturated rings. The second kappa shape index (κ2) is 36.2. The monoisotopic (exact) mass is 1520 g/mol. The molecule has 13 aliphatic carbocycles. The highest BCUT2D eigenvalue weighted by Crippen LogP contribution is 2.69. The molecular weight excluding hydrogens is 1390 g/mol. The molecule has 6 bridgehead atoms. The Labute approximate surface area is 637 Å². The third-order valence-corrected chi connectivity index (χ3v) is 28.8. The normalized spacial score (nSPS) is 33.6. The number of aliphatic carboxylic acids is 1. The lowest BCUT2D eigenvalue weighted by molar-refractivity contribution is -0.397. The van der Waals surface area contributed by atoms with E-state index in [0.29, 0.717) is 65.6 Å². The average molecular weight is 1520 g/mol. The van der Waals surface area contributed by atoms with E-state index in [1.54, 1.807) is 27.8 Å². The number of rotatable bonds is 25. The number of halogens is 4. The zero-order valence-corrected chi connectivity index (χ0v) is 67.3. The summed E-state index contributed by atoms with van der Waals surface area (Å²) in [5.41, 5.74) is 7.85. The molecule has 3 saturated heterocycles.